The van der Waals surface area contributed by atoms with E-state index in [1.807, 2.05) is 42.8 Å². The van der Waals surface area contributed by atoms with Gasteiger partial charge >= 0.3 is 6.03 Å². The van der Waals surface area contributed by atoms with E-state index >= 15 is 0 Å². The molecule has 1 aromatic heterocycles. The minimum atomic E-state index is -0.915. The van der Waals surface area contributed by atoms with Crippen molar-refractivity contribution >= 4 is 6.03 Å². The van der Waals surface area contributed by atoms with Crippen LogP contribution in [0.3, 0.4) is 0 Å². The van der Waals surface area contributed by atoms with Crippen LogP contribution in [0, 0.1) is 5.92 Å². The third kappa shape index (κ3) is 5.38. The van der Waals surface area contributed by atoms with Gasteiger partial charge in [-0.05, 0) is 24.0 Å². The fourth-order valence-electron chi connectivity index (χ4n) is 2.14. The van der Waals surface area contributed by atoms with E-state index in [9.17, 15) is 9.90 Å². The van der Waals surface area contributed by atoms with Crippen LogP contribution in [0.15, 0.2) is 43.0 Å². The normalized spacial score (nSPS) is 13.5. The predicted octanol–water partition coefficient (Wildman–Crippen LogP) is 2.14. The molecule has 0 fully saturated rings. The van der Waals surface area contributed by atoms with Gasteiger partial charge in [0.25, 0.3) is 0 Å². The standard InChI is InChI=1S/C18H26N4O2/c1-14(2)18(3,24)12-21-17(23)20-10-15-5-4-6-16(9-15)11-22-8-7-19-13-22/h4-9,13-14,24H,10-12H2,1-3H3,(H2,20,21,23). The zero-order valence-electron chi connectivity index (χ0n) is 14.5. The molecule has 1 unspecified atom stereocenters. The highest BCUT2D eigenvalue weighted by Gasteiger charge is 2.25. The molecule has 1 aromatic carbocycles. The molecule has 0 bridgehead atoms. The summed E-state index contributed by atoms with van der Waals surface area (Å²) in [4.78, 5) is 15.9. The molecular weight excluding hydrogens is 304 g/mol. The first kappa shape index (κ1) is 18.0. The van der Waals surface area contributed by atoms with Gasteiger partial charge in [0.05, 0.1) is 11.9 Å². The highest BCUT2D eigenvalue weighted by Crippen LogP contribution is 2.14. The molecule has 0 saturated heterocycles. The Balaban J connectivity index is 1.82. The van der Waals surface area contributed by atoms with Crippen molar-refractivity contribution in [2.24, 2.45) is 5.92 Å². The fourth-order valence-corrected chi connectivity index (χ4v) is 2.14. The molecule has 1 heterocycles. The van der Waals surface area contributed by atoms with Crippen molar-refractivity contribution in [2.75, 3.05) is 6.54 Å². The molecule has 24 heavy (non-hydrogen) atoms. The lowest BCUT2D eigenvalue weighted by Gasteiger charge is -2.27. The summed E-state index contributed by atoms with van der Waals surface area (Å²) in [5.74, 6) is 0.0673. The van der Waals surface area contributed by atoms with Crippen LogP contribution >= 0.6 is 0 Å². The lowest BCUT2D eigenvalue weighted by molar-refractivity contribution is 0.0166. The van der Waals surface area contributed by atoms with Crippen molar-refractivity contribution in [3.8, 4) is 0 Å². The first-order valence-electron chi connectivity index (χ1n) is 8.14. The van der Waals surface area contributed by atoms with E-state index in [1.165, 1.54) is 0 Å². The molecule has 0 aliphatic heterocycles. The van der Waals surface area contributed by atoms with Gasteiger partial charge in [0.15, 0.2) is 0 Å². The predicted molar refractivity (Wildman–Crippen MR) is 93.5 cm³/mol. The molecule has 1 atom stereocenters. The van der Waals surface area contributed by atoms with E-state index in [-0.39, 0.29) is 18.5 Å². The second-order valence-corrected chi connectivity index (χ2v) is 6.60. The van der Waals surface area contributed by atoms with E-state index < -0.39 is 5.60 Å². The van der Waals surface area contributed by atoms with Crippen LogP contribution in [0.2, 0.25) is 0 Å². The molecule has 0 saturated carbocycles. The molecule has 0 aliphatic carbocycles. The van der Waals surface area contributed by atoms with Crippen LogP contribution in [-0.4, -0.2) is 32.8 Å². The van der Waals surface area contributed by atoms with E-state index in [4.69, 9.17) is 0 Å². The average Bonchev–Trinajstić information content (AvgIpc) is 3.04. The largest absolute Gasteiger partial charge is 0.388 e. The summed E-state index contributed by atoms with van der Waals surface area (Å²) in [7, 11) is 0. The van der Waals surface area contributed by atoms with E-state index in [2.05, 4.69) is 21.7 Å². The molecule has 3 N–H and O–H groups in total. The zero-order valence-corrected chi connectivity index (χ0v) is 14.5. The molecule has 6 heteroatoms. The third-order valence-electron chi connectivity index (χ3n) is 4.22. The van der Waals surface area contributed by atoms with Gasteiger partial charge in [-0.2, -0.15) is 0 Å². The second kappa shape index (κ2) is 7.97. The van der Waals surface area contributed by atoms with Gasteiger partial charge in [0, 0.05) is 32.0 Å². The van der Waals surface area contributed by atoms with Gasteiger partial charge in [-0.15, -0.1) is 0 Å². The van der Waals surface area contributed by atoms with Crippen molar-refractivity contribution in [1.82, 2.24) is 20.2 Å². The number of carbonyl (C=O) groups excluding carboxylic acids is 1. The average molecular weight is 330 g/mol. The maximum atomic E-state index is 11.9. The summed E-state index contributed by atoms with van der Waals surface area (Å²) in [5, 5.41) is 15.7. The number of hydrogen-bond acceptors (Lipinski definition) is 3. The Hall–Kier alpha value is -2.34. The number of nitrogens with one attached hydrogen (secondary N) is 2. The fraction of sp³-hybridized carbons (Fsp3) is 0.444. The first-order chi connectivity index (χ1) is 11.4. The molecule has 130 valence electrons. The van der Waals surface area contributed by atoms with Gasteiger partial charge in [0.1, 0.15) is 0 Å². The van der Waals surface area contributed by atoms with E-state index in [1.54, 1.807) is 19.4 Å². The summed E-state index contributed by atoms with van der Waals surface area (Å²) in [6, 6.07) is 7.77. The van der Waals surface area contributed by atoms with Gasteiger partial charge < -0.3 is 20.3 Å². The van der Waals surface area contributed by atoms with E-state index in [0.717, 1.165) is 17.7 Å². The number of aromatic nitrogens is 2. The Morgan fingerprint density at radius 3 is 2.75 bits per heavy atom. The number of hydrogen-bond donors (Lipinski definition) is 3. The van der Waals surface area contributed by atoms with Gasteiger partial charge in [0.2, 0.25) is 0 Å². The quantitative estimate of drug-likeness (QED) is 0.728. The number of rotatable bonds is 7. The Bertz CT molecular complexity index is 651. The van der Waals surface area contributed by atoms with E-state index in [0.29, 0.717) is 6.54 Å². The van der Waals surface area contributed by atoms with Crippen molar-refractivity contribution in [2.45, 2.75) is 39.5 Å². The van der Waals surface area contributed by atoms with Crippen molar-refractivity contribution in [3.05, 3.63) is 54.1 Å². The number of imidazole rings is 1. The van der Waals surface area contributed by atoms with Crippen LogP contribution in [0.1, 0.15) is 31.9 Å². The number of amides is 2. The van der Waals surface area contributed by atoms with Gasteiger partial charge in [-0.1, -0.05) is 38.1 Å². The Morgan fingerprint density at radius 2 is 2.08 bits per heavy atom. The molecule has 2 amide bonds. The van der Waals surface area contributed by atoms with Crippen LogP contribution in [0.5, 0.6) is 0 Å². The number of carbonyl (C=O) groups is 1. The lowest BCUT2D eigenvalue weighted by Crippen LogP contribution is -2.47. The Labute approximate surface area is 142 Å². The SMILES string of the molecule is CC(C)C(C)(O)CNC(=O)NCc1cccc(Cn2ccnc2)c1. The summed E-state index contributed by atoms with van der Waals surface area (Å²) in [6.45, 7) is 6.97. The first-order valence-corrected chi connectivity index (χ1v) is 8.14. The van der Waals surface area contributed by atoms with Crippen molar-refractivity contribution in [3.63, 3.8) is 0 Å². The highest BCUT2D eigenvalue weighted by molar-refractivity contribution is 5.73. The summed E-state index contributed by atoms with van der Waals surface area (Å²) in [5.41, 5.74) is 1.26. The lowest BCUT2D eigenvalue weighted by atomic mass is 9.93. The molecule has 2 rings (SSSR count). The molecule has 0 aliphatic rings. The van der Waals surface area contributed by atoms with Gasteiger partial charge in [-0.3, -0.25) is 0 Å². The molecule has 6 nitrogen and oxygen atoms in total. The molecule has 2 aromatic rings. The summed E-state index contributed by atoms with van der Waals surface area (Å²) < 4.78 is 1.99. The maximum Gasteiger partial charge on any atom is 0.315 e. The smallest absolute Gasteiger partial charge is 0.315 e. The number of benzene rings is 1. The zero-order chi connectivity index (χ0) is 17.6. The van der Waals surface area contributed by atoms with Gasteiger partial charge in [-0.25, -0.2) is 9.78 Å². The van der Waals surface area contributed by atoms with Crippen LogP contribution in [0.4, 0.5) is 4.79 Å². The van der Waals surface area contributed by atoms with Crippen molar-refractivity contribution < 1.29 is 9.90 Å². The Kier molecular flexibility index (Phi) is 5.98. The van der Waals surface area contributed by atoms with Crippen LogP contribution in [-0.2, 0) is 13.1 Å². The summed E-state index contributed by atoms with van der Waals surface area (Å²) >= 11 is 0. The number of nitrogens with zero attached hydrogens (tertiary/aromatic N) is 2. The molecule has 0 radical (unpaired) electrons. The Morgan fingerprint density at radius 1 is 1.33 bits per heavy atom. The highest BCUT2D eigenvalue weighted by atomic mass is 16.3. The number of urea groups is 1. The molecule has 0 spiro atoms. The summed E-state index contributed by atoms with van der Waals surface area (Å²) in [6.07, 6.45) is 5.44. The molecular formula is C18H26N4O2. The van der Waals surface area contributed by atoms with Crippen LogP contribution in [0.25, 0.3) is 0 Å². The van der Waals surface area contributed by atoms with Crippen molar-refractivity contribution in [1.29, 1.82) is 0 Å². The van der Waals surface area contributed by atoms with Crippen LogP contribution < -0.4 is 10.6 Å². The second-order valence-electron chi connectivity index (χ2n) is 6.60. The third-order valence-corrected chi connectivity index (χ3v) is 4.22. The maximum absolute atomic E-state index is 11.9. The monoisotopic (exact) mass is 330 g/mol. The minimum absolute atomic E-state index is 0.0673. The minimum Gasteiger partial charge on any atom is -0.388 e. The topological polar surface area (TPSA) is 79.2 Å². The number of aliphatic hydroxyl groups is 1.